The fourth-order valence-electron chi connectivity index (χ4n) is 3.23. The van der Waals surface area contributed by atoms with Crippen molar-refractivity contribution in [1.29, 1.82) is 0 Å². The van der Waals surface area contributed by atoms with Gasteiger partial charge in [0.2, 0.25) is 0 Å². The molecule has 0 aliphatic carbocycles. The molecule has 0 radical (unpaired) electrons. The first-order valence-corrected chi connectivity index (χ1v) is 8.90. The number of hydrogen-bond donors (Lipinski definition) is 0. The summed E-state index contributed by atoms with van der Waals surface area (Å²) in [5.74, 6) is 1.14. The minimum absolute atomic E-state index is 0.0918. The van der Waals surface area contributed by atoms with Crippen LogP contribution in [0, 0.1) is 0 Å². The van der Waals surface area contributed by atoms with E-state index in [4.69, 9.17) is 14.5 Å². The van der Waals surface area contributed by atoms with Crippen molar-refractivity contribution in [3.8, 4) is 17.1 Å². The van der Waals surface area contributed by atoms with E-state index in [1.807, 2.05) is 43.4 Å². The Hall–Kier alpha value is -3.34. The molecule has 3 aromatic carbocycles. The summed E-state index contributed by atoms with van der Waals surface area (Å²) in [5, 5.41) is 2.32. The van der Waals surface area contributed by atoms with Crippen molar-refractivity contribution in [2.24, 2.45) is 7.05 Å². The third kappa shape index (κ3) is 3.24. The van der Waals surface area contributed by atoms with E-state index in [1.165, 1.54) is 5.39 Å². The number of fused-ring (bicyclic) bond motifs is 3. The predicted octanol–water partition coefficient (Wildman–Crippen LogP) is 4.34. The van der Waals surface area contributed by atoms with Crippen LogP contribution in [0.5, 0.6) is 5.75 Å². The van der Waals surface area contributed by atoms with Crippen LogP contribution in [0.3, 0.4) is 0 Å². The van der Waals surface area contributed by atoms with E-state index < -0.39 is 0 Å². The molecule has 0 aliphatic heterocycles. The summed E-state index contributed by atoms with van der Waals surface area (Å²) in [4.78, 5) is 16.3. The maximum absolute atomic E-state index is 11.4. The minimum atomic E-state index is -0.371. The van der Waals surface area contributed by atoms with Gasteiger partial charge in [-0.15, -0.1) is 0 Å². The van der Waals surface area contributed by atoms with Crippen molar-refractivity contribution in [2.45, 2.75) is 6.92 Å². The highest BCUT2D eigenvalue weighted by Crippen LogP contribution is 2.29. The van der Waals surface area contributed by atoms with Gasteiger partial charge in [0.1, 0.15) is 11.6 Å². The van der Waals surface area contributed by atoms with E-state index in [0.29, 0.717) is 12.4 Å². The number of aromatic nitrogens is 2. The molecule has 0 unspecified atom stereocenters. The zero-order chi connectivity index (χ0) is 18.8. The lowest BCUT2D eigenvalue weighted by Gasteiger charge is -2.07. The van der Waals surface area contributed by atoms with Gasteiger partial charge in [0.05, 0.1) is 17.6 Å². The first kappa shape index (κ1) is 17.1. The quantitative estimate of drug-likeness (QED) is 0.497. The van der Waals surface area contributed by atoms with Gasteiger partial charge in [0, 0.05) is 18.0 Å². The molecule has 0 atom stereocenters. The van der Waals surface area contributed by atoms with Crippen LogP contribution >= 0.6 is 0 Å². The Balaban J connectivity index is 1.65. The SMILES string of the molecule is CCOC(=O)COc1ccc(-c2nc3c4ccccc4ccc3n2C)cc1. The molecule has 27 heavy (non-hydrogen) atoms. The molecule has 0 spiro atoms. The average Bonchev–Trinajstić information content (AvgIpc) is 3.04. The number of nitrogens with zero attached hydrogens (tertiary/aromatic N) is 2. The van der Waals surface area contributed by atoms with E-state index in [2.05, 4.69) is 28.8 Å². The van der Waals surface area contributed by atoms with Crippen LogP contribution in [-0.2, 0) is 16.6 Å². The first-order valence-electron chi connectivity index (χ1n) is 8.90. The van der Waals surface area contributed by atoms with Crippen LogP contribution in [0.1, 0.15) is 6.92 Å². The lowest BCUT2D eigenvalue weighted by Crippen LogP contribution is -2.14. The molecule has 0 fully saturated rings. The normalized spacial score (nSPS) is 11.0. The molecule has 5 heteroatoms. The molecule has 1 heterocycles. The van der Waals surface area contributed by atoms with Gasteiger partial charge in [-0.1, -0.05) is 30.3 Å². The van der Waals surface area contributed by atoms with Gasteiger partial charge < -0.3 is 14.0 Å². The van der Waals surface area contributed by atoms with Crippen molar-refractivity contribution in [3.63, 3.8) is 0 Å². The number of aryl methyl sites for hydroxylation is 1. The molecular formula is C22H20N2O3. The summed E-state index contributed by atoms with van der Waals surface area (Å²) in [5.41, 5.74) is 3.07. The van der Waals surface area contributed by atoms with E-state index in [0.717, 1.165) is 27.8 Å². The number of imidazole rings is 1. The second-order valence-corrected chi connectivity index (χ2v) is 6.27. The van der Waals surface area contributed by atoms with Gasteiger partial charge in [0.15, 0.2) is 6.61 Å². The van der Waals surface area contributed by atoms with Crippen LogP contribution in [0.4, 0.5) is 0 Å². The Labute approximate surface area is 157 Å². The number of ether oxygens (including phenoxy) is 2. The molecular weight excluding hydrogens is 340 g/mol. The number of carbonyl (C=O) groups excluding carboxylic acids is 1. The molecule has 4 rings (SSSR count). The summed E-state index contributed by atoms with van der Waals surface area (Å²) in [6.07, 6.45) is 0. The monoisotopic (exact) mass is 360 g/mol. The number of benzene rings is 3. The zero-order valence-corrected chi connectivity index (χ0v) is 15.3. The van der Waals surface area contributed by atoms with E-state index >= 15 is 0 Å². The van der Waals surface area contributed by atoms with Crippen molar-refractivity contribution in [3.05, 3.63) is 60.7 Å². The predicted molar refractivity (Wildman–Crippen MR) is 106 cm³/mol. The van der Waals surface area contributed by atoms with E-state index in [9.17, 15) is 4.79 Å². The fraction of sp³-hybridized carbons (Fsp3) is 0.182. The molecule has 5 nitrogen and oxygen atoms in total. The molecule has 1 aromatic heterocycles. The van der Waals surface area contributed by atoms with Gasteiger partial charge in [-0.2, -0.15) is 0 Å². The molecule has 0 saturated heterocycles. The molecule has 0 saturated carbocycles. The number of rotatable bonds is 5. The summed E-state index contributed by atoms with van der Waals surface area (Å²) >= 11 is 0. The topological polar surface area (TPSA) is 53.4 Å². The fourth-order valence-corrected chi connectivity index (χ4v) is 3.23. The summed E-state index contributed by atoms with van der Waals surface area (Å²) in [6, 6.07) is 20.1. The molecule has 0 aliphatic rings. The van der Waals surface area contributed by atoms with Crippen molar-refractivity contribution < 1.29 is 14.3 Å². The average molecular weight is 360 g/mol. The first-order chi connectivity index (χ1) is 13.2. The molecule has 136 valence electrons. The van der Waals surface area contributed by atoms with E-state index in [-0.39, 0.29) is 12.6 Å². The lowest BCUT2D eigenvalue weighted by molar-refractivity contribution is -0.145. The van der Waals surface area contributed by atoms with Crippen molar-refractivity contribution in [1.82, 2.24) is 9.55 Å². The summed E-state index contributed by atoms with van der Waals surface area (Å²) in [7, 11) is 2.02. The molecule has 0 N–H and O–H groups in total. The Morgan fingerprint density at radius 2 is 1.81 bits per heavy atom. The third-order valence-corrected chi connectivity index (χ3v) is 4.55. The highest BCUT2D eigenvalue weighted by atomic mass is 16.6. The molecule has 4 aromatic rings. The highest BCUT2D eigenvalue weighted by Gasteiger charge is 2.12. The van der Waals surface area contributed by atoms with Gasteiger partial charge in [-0.3, -0.25) is 0 Å². The Bertz CT molecular complexity index is 1110. The van der Waals surface area contributed by atoms with E-state index in [1.54, 1.807) is 6.92 Å². The number of esters is 1. The maximum Gasteiger partial charge on any atom is 0.344 e. The Morgan fingerprint density at radius 1 is 1.04 bits per heavy atom. The highest BCUT2D eigenvalue weighted by molar-refractivity contribution is 6.05. The Kier molecular flexibility index (Phi) is 4.50. The van der Waals surface area contributed by atoms with Crippen LogP contribution in [0.15, 0.2) is 60.7 Å². The van der Waals surface area contributed by atoms with Crippen LogP contribution < -0.4 is 4.74 Å². The second kappa shape index (κ2) is 7.11. The largest absolute Gasteiger partial charge is 0.482 e. The maximum atomic E-state index is 11.4. The summed E-state index contributed by atoms with van der Waals surface area (Å²) in [6.45, 7) is 2.03. The van der Waals surface area contributed by atoms with Gasteiger partial charge >= 0.3 is 5.97 Å². The third-order valence-electron chi connectivity index (χ3n) is 4.55. The summed E-state index contributed by atoms with van der Waals surface area (Å²) < 4.78 is 12.4. The molecule has 0 bridgehead atoms. The van der Waals surface area contributed by atoms with Gasteiger partial charge in [-0.25, -0.2) is 9.78 Å². The molecule has 0 amide bonds. The van der Waals surface area contributed by atoms with Crippen LogP contribution in [0.25, 0.3) is 33.2 Å². The van der Waals surface area contributed by atoms with Gasteiger partial charge in [-0.05, 0) is 42.6 Å². The van der Waals surface area contributed by atoms with Crippen LogP contribution in [-0.4, -0.2) is 28.7 Å². The smallest absolute Gasteiger partial charge is 0.344 e. The second-order valence-electron chi connectivity index (χ2n) is 6.27. The van der Waals surface area contributed by atoms with Crippen molar-refractivity contribution in [2.75, 3.05) is 13.2 Å². The lowest BCUT2D eigenvalue weighted by atomic mass is 10.1. The zero-order valence-electron chi connectivity index (χ0n) is 15.3. The minimum Gasteiger partial charge on any atom is -0.482 e. The standard InChI is InChI=1S/C22H20N2O3/c1-3-26-20(25)14-27-17-11-8-16(9-12-17)22-23-21-18-7-5-4-6-15(18)10-13-19(21)24(22)2/h4-13H,3,14H2,1-2H3. The van der Waals surface area contributed by atoms with Crippen molar-refractivity contribution >= 4 is 27.8 Å². The van der Waals surface area contributed by atoms with Crippen LogP contribution in [0.2, 0.25) is 0 Å². The Morgan fingerprint density at radius 3 is 2.59 bits per heavy atom. The number of hydrogen-bond acceptors (Lipinski definition) is 4. The van der Waals surface area contributed by atoms with Gasteiger partial charge in [0.25, 0.3) is 0 Å². The number of carbonyl (C=O) groups is 1.